The van der Waals surface area contributed by atoms with E-state index in [0.29, 0.717) is 17.2 Å². The summed E-state index contributed by atoms with van der Waals surface area (Å²) in [6.07, 6.45) is 0.180. The molecule has 0 radical (unpaired) electrons. The molecule has 0 fully saturated rings. The number of ether oxygens (including phenoxy) is 1. The molecule has 2 aromatic rings. The minimum Gasteiger partial charge on any atom is -0.494 e. The summed E-state index contributed by atoms with van der Waals surface area (Å²) >= 11 is 0. The van der Waals surface area contributed by atoms with Gasteiger partial charge in [0.25, 0.3) is 0 Å². The second kappa shape index (κ2) is 4.46. The van der Waals surface area contributed by atoms with Crippen molar-refractivity contribution in [3.8, 4) is 5.75 Å². The molecule has 1 aromatic carbocycles. The molecule has 0 atom stereocenters. The van der Waals surface area contributed by atoms with Gasteiger partial charge in [-0.1, -0.05) is 6.07 Å². The van der Waals surface area contributed by atoms with Gasteiger partial charge in [-0.15, -0.1) is 0 Å². The number of methoxy groups -OCH3 is 1. The number of nitrogen functional groups attached to an aromatic ring is 1. The Hall–Kier alpha value is -2.24. The zero-order chi connectivity index (χ0) is 14.2. The molecule has 0 spiro atoms. The van der Waals surface area contributed by atoms with Gasteiger partial charge in [0.2, 0.25) is 11.9 Å². The van der Waals surface area contributed by atoms with E-state index >= 15 is 0 Å². The first-order chi connectivity index (χ1) is 8.86. The fourth-order valence-corrected chi connectivity index (χ4v) is 2.40. The van der Waals surface area contributed by atoms with Gasteiger partial charge in [-0.3, -0.25) is 4.79 Å². The van der Waals surface area contributed by atoms with Crippen LogP contribution in [0, 0.1) is 0 Å². The lowest BCUT2D eigenvalue weighted by Gasteiger charge is -2.27. The molecule has 0 saturated heterocycles. The van der Waals surface area contributed by atoms with E-state index in [1.807, 2.05) is 36.6 Å². The third-order valence-electron chi connectivity index (χ3n) is 3.11. The molecular weight excluding hydrogens is 244 g/mol. The number of imidazole rings is 1. The highest BCUT2D eigenvalue weighted by Crippen LogP contribution is 2.33. The van der Waals surface area contributed by atoms with Gasteiger partial charge < -0.3 is 20.8 Å². The quantitative estimate of drug-likeness (QED) is 0.866. The number of primary amides is 1. The molecule has 1 amide bonds. The number of rotatable bonds is 4. The number of aromatic nitrogens is 2. The Morgan fingerprint density at radius 2 is 2.16 bits per heavy atom. The highest BCUT2D eigenvalue weighted by Gasteiger charge is 2.27. The van der Waals surface area contributed by atoms with Crippen LogP contribution in [-0.4, -0.2) is 22.6 Å². The number of hydrogen-bond donors (Lipinski definition) is 2. The molecule has 102 valence electrons. The number of para-hydroxylation sites is 1. The molecule has 6 nitrogen and oxygen atoms in total. The van der Waals surface area contributed by atoms with Gasteiger partial charge in [-0.2, -0.15) is 0 Å². The van der Waals surface area contributed by atoms with Crippen molar-refractivity contribution in [3.05, 3.63) is 18.2 Å². The van der Waals surface area contributed by atoms with Crippen LogP contribution in [0.2, 0.25) is 0 Å². The van der Waals surface area contributed by atoms with Crippen LogP contribution in [-0.2, 0) is 10.3 Å². The van der Waals surface area contributed by atoms with Crippen molar-refractivity contribution in [3.63, 3.8) is 0 Å². The fraction of sp³-hybridized carbons (Fsp3) is 0.385. The third-order valence-corrected chi connectivity index (χ3v) is 3.11. The normalized spacial score (nSPS) is 11.7. The van der Waals surface area contributed by atoms with Crippen molar-refractivity contribution < 1.29 is 9.53 Å². The van der Waals surface area contributed by atoms with Crippen LogP contribution in [0.25, 0.3) is 11.0 Å². The maximum atomic E-state index is 11.2. The number of fused-ring (bicyclic) bond motifs is 1. The number of amides is 1. The average molecular weight is 262 g/mol. The summed E-state index contributed by atoms with van der Waals surface area (Å²) in [6, 6.07) is 5.57. The van der Waals surface area contributed by atoms with Crippen molar-refractivity contribution in [1.82, 2.24) is 9.55 Å². The Morgan fingerprint density at radius 3 is 2.74 bits per heavy atom. The Morgan fingerprint density at radius 1 is 1.47 bits per heavy atom. The molecular formula is C13H18N4O2. The molecule has 4 N–H and O–H groups in total. The van der Waals surface area contributed by atoms with Gasteiger partial charge >= 0.3 is 0 Å². The fourth-order valence-electron chi connectivity index (χ4n) is 2.40. The van der Waals surface area contributed by atoms with Crippen LogP contribution in [0.5, 0.6) is 5.75 Å². The number of carbonyl (C=O) groups is 1. The first kappa shape index (κ1) is 13.2. The molecule has 0 aliphatic rings. The van der Waals surface area contributed by atoms with Gasteiger partial charge in [-0.25, -0.2) is 4.98 Å². The van der Waals surface area contributed by atoms with E-state index in [1.165, 1.54) is 0 Å². The molecule has 19 heavy (non-hydrogen) atoms. The maximum absolute atomic E-state index is 11.2. The molecule has 2 rings (SSSR count). The van der Waals surface area contributed by atoms with E-state index < -0.39 is 5.54 Å². The molecule has 1 heterocycles. The summed E-state index contributed by atoms with van der Waals surface area (Å²) in [5.74, 6) is 0.609. The van der Waals surface area contributed by atoms with Crippen molar-refractivity contribution in [2.24, 2.45) is 5.73 Å². The Balaban J connectivity index is 2.67. The molecule has 0 aliphatic heterocycles. The molecule has 6 heteroatoms. The van der Waals surface area contributed by atoms with Crippen LogP contribution >= 0.6 is 0 Å². The van der Waals surface area contributed by atoms with E-state index in [-0.39, 0.29) is 12.3 Å². The minimum atomic E-state index is -0.545. The second-order valence-corrected chi connectivity index (χ2v) is 5.09. The Labute approximate surface area is 111 Å². The van der Waals surface area contributed by atoms with Crippen molar-refractivity contribution in [2.75, 3.05) is 12.8 Å². The number of nitrogens with zero attached hydrogens (tertiary/aromatic N) is 2. The van der Waals surface area contributed by atoms with Gasteiger partial charge in [0.1, 0.15) is 11.3 Å². The second-order valence-electron chi connectivity index (χ2n) is 5.09. The van der Waals surface area contributed by atoms with Gasteiger partial charge in [0.15, 0.2) is 0 Å². The number of nitrogens with two attached hydrogens (primary N) is 2. The number of carbonyl (C=O) groups excluding carboxylic acids is 1. The Kier molecular flexibility index (Phi) is 3.09. The van der Waals surface area contributed by atoms with Gasteiger partial charge in [0.05, 0.1) is 18.2 Å². The smallest absolute Gasteiger partial charge is 0.219 e. The van der Waals surface area contributed by atoms with Crippen LogP contribution in [0.4, 0.5) is 5.95 Å². The Bertz CT molecular complexity index is 631. The predicted octanol–water partition coefficient (Wildman–Crippen LogP) is 1.24. The van der Waals surface area contributed by atoms with Crippen molar-refractivity contribution in [2.45, 2.75) is 25.8 Å². The average Bonchev–Trinajstić information content (AvgIpc) is 2.63. The van der Waals surface area contributed by atoms with Gasteiger partial charge in [0, 0.05) is 6.42 Å². The third kappa shape index (κ3) is 2.21. The zero-order valence-corrected chi connectivity index (χ0v) is 11.3. The van der Waals surface area contributed by atoms with Crippen molar-refractivity contribution >= 4 is 22.9 Å². The molecule has 0 unspecified atom stereocenters. The van der Waals surface area contributed by atoms with E-state index in [2.05, 4.69) is 4.98 Å². The summed E-state index contributed by atoms with van der Waals surface area (Å²) in [6.45, 7) is 3.80. The summed E-state index contributed by atoms with van der Waals surface area (Å²) in [5.41, 5.74) is 12.2. The number of benzene rings is 1. The predicted molar refractivity (Wildman–Crippen MR) is 73.8 cm³/mol. The largest absolute Gasteiger partial charge is 0.494 e. The lowest BCUT2D eigenvalue weighted by molar-refractivity contribution is -0.119. The molecule has 1 aromatic heterocycles. The first-order valence-electron chi connectivity index (χ1n) is 5.96. The minimum absolute atomic E-state index is 0.180. The van der Waals surface area contributed by atoms with E-state index in [1.54, 1.807) is 7.11 Å². The van der Waals surface area contributed by atoms with Crippen molar-refractivity contribution in [1.29, 1.82) is 0 Å². The van der Waals surface area contributed by atoms with Crippen LogP contribution < -0.4 is 16.2 Å². The van der Waals surface area contributed by atoms with Gasteiger partial charge in [-0.05, 0) is 26.0 Å². The van der Waals surface area contributed by atoms with Crippen LogP contribution in [0.15, 0.2) is 18.2 Å². The standard InChI is InChI=1S/C13H18N4O2/c1-13(2,7-10(14)18)17-8-5-4-6-9(19-3)11(8)16-12(17)15/h4-6H,7H2,1-3H3,(H2,14,18)(H2,15,16). The lowest BCUT2D eigenvalue weighted by atomic mass is 9.99. The van der Waals surface area contributed by atoms with E-state index in [9.17, 15) is 4.79 Å². The zero-order valence-electron chi connectivity index (χ0n) is 11.3. The topological polar surface area (TPSA) is 96.2 Å². The van der Waals surface area contributed by atoms with Crippen LogP contribution in [0.1, 0.15) is 20.3 Å². The first-order valence-corrected chi connectivity index (χ1v) is 5.96. The highest BCUT2D eigenvalue weighted by molar-refractivity contribution is 5.85. The maximum Gasteiger partial charge on any atom is 0.219 e. The molecule has 0 bridgehead atoms. The summed E-state index contributed by atoms with van der Waals surface area (Å²) < 4.78 is 7.08. The number of anilines is 1. The highest BCUT2D eigenvalue weighted by atomic mass is 16.5. The monoisotopic (exact) mass is 262 g/mol. The SMILES string of the molecule is COc1cccc2c1nc(N)n2C(C)(C)CC(N)=O. The molecule has 0 aliphatic carbocycles. The van der Waals surface area contributed by atoms with Crippen LogP contribution in [0.3, 0.4) is 0 Å². The number of hydrogen-bond acceptors (Lipinski definition) is 4. The lowest BCUT2D eigenvalue weighted by Crippen LogP contribution is -2.33. The van der Waals surface area contributed by atoms with E-state index in [0.717, 1.165) is 5.52 Å². The summed E-state index contributed by atoms with van der Waals surface area (Å²) in [5, 5.41) is 0. The summed E-state index contributed by atoms with van der Waals surface area (Å²) in [7, 11) is 1.58. The molecule has 0 saturated carbocycles. The van der Waals surface area contributed by atoms with E-state index in [4.69, 9.17) is 16.2 Å². The summed E-state index contributed by atoms with van der Waals surface area (Å²) in [4.78, 5) is 15.5.